The first-order valence-electron chi connectivity index (χ1n) is 9.03. The van der Waals surface area contributed by atoms with Gasteiger partial charge in [-0.2, -0.15) is 5.10 Å². The summed E-state index contributed by atoms with van der Waals surface area (Å²) in [4.78, 5) is 28.7. The third-order valence-electron chi connectivity index (χ3n) is 5.66. The molecule has 138 valence electrons. The topological polar surface area (TPSA) is 97.6 Å². The molecule has 0 bridgehead atoms. The standard InChI is InChI=1S/C18H23N5O3/c1-26-18(3-2-4-18)17(25)22-13-7-12(8-13)9-20-16(24)14-10-21-23-6-5-19-11-15(14)23/h5-6,10-13H,2-4,7-9H2,1H3,(H,20,24)(H,22,25). The first-order chi connectivity index (χ1) is 12.6. The zero-order valence-corrected chi connectivity index (χ0v) is 14.8. The molecule has 0 aromatic carbocycles. The molecule has 0 spiro atoms. The summed E-state index contributed by atoms with van der Waals surface area (Å²) in [5.74, 6) is 0.245. The Hall–Kier alpha value is -2.48. The van der Waals surface area contributed by atoms with Gasteiger partial charge in [0, 0.05) is 32.1 Å². The molecule has 8 heteroatoms. The predicted octanol–water partition coefficient (Wildman–Crippen LogP) is 0.923. The summed E-state index contributed by atoms with van der Waals surface area (Å²) in [7, 11) is 1.60. The van der Waals surface area contributed by atoms with Crippen LogP contribution in [0.25, 0.3) is 5.52 Å². The second kappa shape index (κ2) is 6.68. The Bertz CT molecular complexity index is 818. The van der Waals surface area contributed by atoms with Crippen molar-refractivity contribution in [3.63, 3.8) is 0 Å². The highest BCUT2D eigenvalue weighted by molar-refractivity contribution is 6.00. The monoisotopic (exact) mass is 357 g/mol. The number of hydrogen-bond acceptors (Lipinski definition) is 5. The van der Waals surface area contributed by atoms with Crippen molar-refractivity contribution in [2.24, 2.45) is 5.92 Å². The van der Waals surface area contributed by atoms with Crippen LogP contribution in [0.5, 0.6) is 0 Å². The molecule has 0 atom stereocenters. The third-order valence-corrected chi connectivity index (χ3v) is 5.66. The maximum atomic E-state index is 12.4. The largest absolute Gasteiger partial charge is 0.368 e. The third kappa shape index (κ3) is 2.94. The minimum atomic E-state index is -0.600. The minimum Gasteiger partial charge on any atom is -0.368 e. The van der Waals surface area contributed by atoms with Gasteiger partial charge in [0.25, 0.3) is 11.8 Å². The number of carbonyl (C=O) groups is 2. The summed E-state index contributed by atoms with van der Waals surface area (Å²) in [6.45, 7) is 0.595. The fourth-order valence-electron chi connectivity index (χ4n) is 3.70. The van der Waals surface area contributed by atoms with Gasteiger partial charge in [-0.05, 0) is 38.0 Å². The van der Waals surface area contributed by atoms with Crippen molar-refractivity contribution < 1.29 is 14.3 Å². The van der Waals surface area contributed by atoms with Crippen molar-refractivity contribution in [3.05, 3.63) is 30.4 Å². The van der Waals surface area contributed by atoms with Crippen LogP contribution in [0.4, 0.5) is 0 Å². The molecule has 2 saturated carbocycles. The fourth-order valence-corrected chi connectivity index (χ4v) is 3.70. The molecule has 2 aromatic heterocycles. The Morgan fingerprint density at radius 3 is 2.85 bits per heavy atom. The lowest BCUT2D eigenvalue weighted by molar-refractivity contribution is -0.155. The summed E-state index contributed by atoms with van der Waals surface area (Å²) >= 11 is 0. The van der Waals surface area contributed by atoms with Gasteiger partial charge < -0.3 is 15.4 Å². The Kier molecular flexibility index (Phi) is 4.36. The second-order valence-electron chi connectivity index (χ2n) is 7.23. The molecular formula is C18H23N5O3. The molecular weight excluding hydrogens is 334 g/mol. The van der Waals surface area contributed by atoms with Gasteiger partial charge in [0.15, 0.2) is 0 Å². The molecule has 0 radical (unpaired) electrons. The highest BCUT2D eigenvalue weighted by Gasteiger charge is 2.46. The van der Waals surface area contributed by atoms with Gasteiger partial charge in [0.1, 0.15) is 5.60 Å². The van der Waals surface area contributed by atoms with Gasteiger partial charge in [-0.15, -0.1) is 0 Å². The number of hydrogen-bond donors (Lipinski definition) is 2. The highest BCUT2D eigenvalue weighted by atomic mass is 16.5. The SMILES string of the molecule is COC1(C(=O)NC2CC(CNC(=O)c3cnn4ccncc34)C2)CCC1. The Morgan fingerprint density at radius 1 is 1.35 bits per heavy atom. The average Bonchev–Trinajstić information content (AvgIpc) is 3.00. The zero-order chi connectivity index (χ0) is 18.1. The van der Waals surface area contributed by atoms with Gasteiger partial charge in [-0.3, -0.25) is 14.6 Å². The van der Waals surface area contributed by atoms with Crippen LogP contribution < -0.4 is 10.6 Å². The number of nitrogens with zero attached hydrogens (tertiary/aromatic N) is 3. The van der Waals surface area contributed by atoms with Gasteiger partial charge in [-0.1, -0.05) is 0 Å². The van der Waals surface area contributed by atoms with Crippen molar-refractivity contribution in [3.8, 4) is 0 Å². The second-order valence-corrected chi connectivity index (χ2v) is 7.23. The van der Waals surface area contributed by atoms with E-state index in [1.54, 1.807) is 36.4 Å². The number of methoxy groups -OCH3 is 1. The zero-order valence-electron chi connectivity index (χ0n) is 14.8. The van der Waals surface area contributed by atoms with Crippen molar-refractivity contribution in [2.75, 3.05) is 13.7 Å². The molecule has 2 amide bonds. The lowest BCUT2D eigenvalue weighted by Gasteiger charge is -2.42. The first kappa shape index (κ1) is 17.0. The van der Waals surface area contributed by atoms with E-state index in [9.17, 15) is 9.59 Å². The molecule has 26 heavy (non-hydrogen) atoms. The number of nitrogens with one attached hydrogen (secondary N) is 2. The van der Waals surface area contributed by atoms with Crippen LogP contribution >= 0.6 is 0 Å². The highest BCUT2D eigenvalue weighted by Crippen LogP contribution is 2.36. The number of aromatic nitrogens is 3. The lowest BCUT2D eigenvalue weighted by Crippen LogP contribution is -2.58. The summed E-state index contributed by atoms with van der Waals surface area (Å²) in [5, 5.41) is 10.2. The molecule has 0 aliphatic heterocycles. The molecule has 2 aliphatic rings. The van der Waals surface area contributed by atoms with E-state index in [0.717, 1.165) is 32.1 Å². The van der Waals surface area contributed by atoms with Crippen molar-refractivity contribution in [1.29, 1.82) is 0 Å². The van der Waals surface area contributed by atoms with Crippen molar-refractivity contribution in [2.45, 2.75) is 43.7 Å². The lowest BCUT2D eigenvalue weighted by atomic mass is 9.76. The van der Waals surface area contributed by atoms with E-state index in [2.05, 4.69) is 20.7 Å². The molecule has 2 aliphatic carbocycles. The molecule has 0 unspecified atom stereocenters. The van der Waals surface area contributed by atoms with Crippen LogP contribution in [0.15, 0.2) is 24.8 Å². The Balaban J connectivity index is 1.23. The molecule has 2 aromatic rings. The van der Waals surface area contributed by atoms with Crippen molar-refractivity contribution >= 4 is 17.3 Å². The normalized spacial score (nSPS) is 23.7. The van der Waals surface area contributed by atoms with E-state index in [4.69, 9.17) is 4.74 Å². The molecule has 2 heterocycles. The number of fused-ring (bicyclic) bond motifs is 1. The molecule has 2 fully saturated rings. The van der Waals surface area contributed by atoms with Crippen LogP contribution in [0, 0.1) is 5.92 Å². The van der Waals surface area contributed by atoms with Gasteiger partial charge in [-0.25, -0.2) is 4.52 Å². The number of amides is 2. The van der Waals surface area contributed by atoms with Gasteiger partial charge >= 0.3 is 0 Å². The van der Waals surface area contributed by atoms with E-state index >= 15 is 0 Å². The van der Waals surface area contributed by atoms with Gasteiger partial charge in [0.05, 0.1) is 23.5 Å². The summed E-state index contributed by atoms with van der Waals surface area (Å²) in [6.07, 6.45) is 10.9. The van der Waals surface area contributed by atoms with Crippen molar-refractivity contribution in [1.82, 2.24) is 25.2 Å². The van der Waals surface area contributed by atoms with Gasteiger partial charge in [0.2, 0.25) is 0 Å². The minimum absolute atomic E-state index is 0.0117. The Labute approximate surface area is 151 Å². The molecule has 2 N–H and O–H groups in total. The van der Waals surface area contributed by atoms with E-state index in [-0.39, 0.29) is 17.9 Å². The van der Waals surface area contributed by atoms with Crippen LogP contribution in [-0.2, 0) is 9.53 Å². The average molecular weight is 357 g/mol. The van der Waals surface area contributed by atoms with E-state index in [1.807, 2.05) is 0 Å². The van der Waals surface area contributed by atoms with E-state index in [1.165, 1.54) is 0 Å². The smallest absolute Gasteiger partial charge is 0.255 e. The Morgan fingerprint density at radius 2 is 2.15 bits per heavy atom. The number of rotatable bonds is 6. The van der Waals surface area contributed by atoms with Crippen LogP contribution in [0.2, 0.25) is 0 Å². The predicted molar refractivity (Wildman–Crippen MR) is 93.6 cm³/mol. The maximum absolute atomic E-state index is 12.4. The summed E-state index contributed by atoms with van der Waals surface area (Å²) in [6, 6.07) is 0.179. The maximum Gasteiger partial charge on any atom is 0.255 e. The first-order valence-corrected chi connectivity index (χ1v) is 9.03. The molecule has 4 rings (SSSR count). The van der Waals surface area contributed by atoms with Crippen LogP contribution in [0.1, 0.15) is 42.5 Å². The summed E-state index contributed by atoms with van der Waals surface area (Å²) < 4.78 is 7.03. The van der Waals surface area contributed by atoms with E-state index < -0.39 is 5.60 Å². The fraction of sp³-hybridized carbons (Fsp3) is 0.556. The van der Waals surface area contributed by atoms with Crippen LogP contribution in [0.3, 0.4) is 0 Å². The molecule has 8 nitrogen and oxygen atoms in total. The number of carbonyl (C=O) groups excluding carboxylic acids is 2. The quantitative estimate of drug-likeness (QED) is 0.801. The molecule has 0 saturated heterocycles. The number of ether oxygens (including phenoxy) is 1. The summed E-state index contributed by atoms with van der Waals surface area (Å²) in [5.41, 5.74) is 0.611. The van der Waals surface area contributed by atoms with E-state index in [0.29, 0.717) is 23.5 Å². The van der Waals surface area contributed by atoms with Crippen LogP contribution in [-0.4, -0.2) is 51.7 Å².